The molecule has 0 aliphatic carbocycles. The molecule has 1 N–H and O–H groups in total. The van der Waals surface area contributed by atoms with Crippen LogP contribution in [0.1, 0.15) is 16.8 Å². The fraction of sp³-hybridized carbons (Fsp3) is 0.292. The van der Waals surface area contributed by atoms with Crippen LogP contribution in [0.25, 0.3) is 5.69 Å². The highest BCUT2D eigenvalue weighted by Crippen LogP contribution is 2.17. The molecule has 1 fully saturated rings. The van der Waals surface area contributed by atoms with E-state index in [1.165, 1.54) is 11.3 Å². The van der Waals surface area contributed by atoms with Crippen LogP contribution in [0.15, 0.2) is 66.9 Å². The van der Waals surface area contributed by atoms with Crippen LogP contribution in [0.4, 0.5) is 5.69 Å². The van der Waals surface area contributed by atoms with Gasteiger partial charge in [0.1, 0.15) is 0 Å². The van der Waals surface area contributed by atoms with Gasteiger partial charge in [-0.05, 0) is 48.9 Å². The van der Waals surface area contributed by atoms with E-state index in [0.717, 1.165) is 43.2 Å². The second-order valence-electron chi connectivity index (χ2n) is 7.42. The van der Waals surface area contributed by atoms with Gasteiger partial charge >= 0.3 is 0 Å². The third-order valence-corrected chi connectivity index (χ3v) is 5.29. The van der Waals surface area contributed by atoms with Gasteiger partial charge in [0.05, 0.1) is 19.6 Å². The average Bonchev–Trinajstić information content (AvgIpc) is 3.22. The topological polar surface area (TPSA) is 46.5 Å². The molecule has 2 heterocycles. The van der Waals surface area contributed by atoms with Crippen LogP contribution in [-0.2, 0) is 22.5 Å². The number of benzene rings is 2. The number of ether oxygens (including phenoxy) is 1. The van der Waals surface area contributed by atoms with Crippen molar-refractivity contribution in [3.8, 4) is 5.69 Å². The normalized spacial score (nSPS) is 14.0. The van der Waals surface area contributed by atoms with Gasteiger partial charge in [-0.1, -0.05) is 29.8 Å². The number of morpholine rings is 1. The minimum atomic E-state index is 0.0225. The fourth-order valence-electron chi connectivity index (χ4n) is 3.59. The molecule has 0 bridgehead atoms. The Bertz CT molecular complexity index is 939. The summed E-state index contributed by atoms with van der Waals surface area (Å²) in [4.78, 5) is 14.8. The molecule has 1 aromatic heterocycles. The van der Waals surface area contributed by atoms with E-state index >= 15 is 0 Å². The van der Waals surface area contributed by atoms with Crippen LogP contribution >= 0.6 is 0 Å². The van der Waals surface area contributed by atoms with E-state index in [-0.39, 0.29) is 5.91 Å². The summed E-state index contributed by atoms with van der Waals surface area (Å²) in [6.07, 6.45) is 2.35. The Kier molecular flexibility index (Phi) is 5.96. The first-order chi connectivity index (χ1) is 14.2. The molecule has 2 aromatic carbocycles. The molecular weight excluding hydrogens is 362 g/mol. The molecule has 5 heteroatoms. The van der Waals surface area contributed by atoms with Gasteiger partial charge in [-0.15, -0.1) is 0 Å². The minimum absolute atomic E-state index is 0.0225. The van der Waals surface area contributed by atoms with Gasteiger partial charge < -0.3 is 19.5 Å². The van der Waals surface area contributed by atoms with Crippen LogP contribution in [0.2, 0.25) is 0 Å². The maximum atomic E-state index is 12.5. The number of hydrogen-bond acceptors (Lipinski definition) is 3. The number of aryl methyl sites for hydroxylation is 1. The highest BCUT2D eigenvalue weighted by atomic mass is 16.5. The van der Waals surface area contributed by atoms with Crippen LogP contribution in [0.5, 0.6) is 0 Å². The third-order valence-electron chi connectivity index (χ3n) is 5.29. The molecule has 0 atom stereocenters. The van der Waals surface area contributed by atoms with Gasteiger partial charge in [-0.25, -0.2) is 0 Å². The van der Waals surface area contributed by atoms with E-state index < -0.39 is 0 Å². The Balaban J connectivity index is 1.33. The largest absolute Gasteiger partial charge is 0.378 e. The molecule has 0 unspecified atom stereocenters. The van der Waals surface area contributed by atoms with Crippen LogP contribution in [0.3, 0.4) is 0 Å². The molecule has 0 saturated carbocycles. The zero-order chi connectivity index (χ0) is 20.1. The predicted molar refractivity (Wildman–Crippen MR) is 116 cm³/mol. The lowest BCUT2D eigenvalue weighted by molar-refractivity contribution is -0.120. The van der Waals surface area contributed by atoms with Crippen LogP contribution < -0.4 is 10.2 Å². The zero-order valence-electron chi connectivity index (χ0n) is 16.8. The highest BCUT2D eigenvalue weighted by molar-refractivity contribution is 5.78. The summed E-state index contributed by atoms with van der Waals surface area (Å²) >= 11 is 0. The molecular formula is C24H27N3O2. The lowest BCUT2D eigenvalue weighted by atomic mass is 10.2. The summed E-state index contributed by atoms with van der Waals surface area (Å²) in [5, 5.41) is 3.04. The van der Waals surface area contributed by atoms with Crippen LogP contribution in [0, 0.1) is 6.92 Å². The highest BCUT2D eigenvalue weighted by Gasteiger charge is 2.12. The number of nitrogens with one attached hydrogen (secondary N) is 1. The monoisotopic (exact) mass is 389 g/mol. The van der Waals surface area contributed by atoms with Crippen molar-refractivity contribution in [2.75, 3.05) is 31.2 Å². The number of amides is 1. The van der Waals surface area contributed by atoms with E-state index in [4.69, 9.17) is 4.74 Å². The van der Waals surface area contributed by atoms with Gasteiger partial charge in [-0.3, -0.25) is 4.79 Å². The molecule has 0 spiro atoms. The molecule has 5 nitrogen and oxygen atoms in total. The smallest absolute Gasteiger partial charge is 0.226 e. The number of hydrogen-bond donors (Lipinski definition) is 1. The van der Waals surface area contributed by atoms with Crippen LogP contribution in [-0.4, -0.2) is 36.8 Å². The standard InChI is InChI=1S/C24H27N3O2/c1-19-4-8-22(9-5-19)27-12-2-3-23(27)17-24(28)25-18-20-6-10-21(11-7-20)26-13-15-29-16-14-26/h2-12H,13-18H2,1H3,(H,25,28). The first-order valence-electron chi connectivity index (χ1n) is 10.1. The first-order valence-corrected chi connectivity index (χ1v) is 10.1. The second kappa shape index (κ2) is 8.97. The van der Waals surface area contributed by atoms with Crippen molar-refractivity contribution in [1.82, 2.24) is 9.88 Å². The Morgan fingerprint density at radius 3 is 2.38 bits per heavy atom. The average molecular weight is 389 g/mol. The molecule has 1 amide bonds. The molecule has 1 aliphatic rings. The van der Waals surface area contributed by atoms with Gasteiger partial charge in [-0.2, -0.15) is 0 Å². The Labute approximate surface area is 171 Å². The van der Waals surface area contributed by atoms with Gasteiger partial charge in [0.2, 0.25) is 5.91 Å². The van der Waals surface area contributed by atoms with E-state index in [1.807, 2.05) is 18.3 Å². The number of anilines is 1. The van der Waals surface area contributed by atoms with Crippen molar-refractivity contribution in [3.63, 3.8) is 0 Å². The molecule has 1 aliphatic heterocycles. The number of carbonyl (C=O) groups is 1. The van der Waals surface area contributed by atoms with E-state index in [9.17, 15) is 4.79 Å². The first kappa shape index (κ1) is 19.3. The van der Waals surface area contributed by atoms with E-state index in [1.54, 1.807) is 0 Å². The quantitative estimate of drug-likeness (QED) is 0.702. The lowest BCUT2D eigenvalue weighted by Crippen LogP contribution is -2.36. The fourth-order valence-corrected chi connectivity index (χ4v) is 3.59. The Hall–Kier alpha value is -3.05. The Morgan fingerprint density at radius 1 is 0.966 bits per heavy atom. The zero-order valence-corrected chi connectivity index (χ0v) is 16.8. The molecule has 3 aromatic rings. The van der Waals surface area contributed by atoms with Crippen molar-refractivity contribution >= 4 is 11.6 Å². The van der Waals surface area contributed by atoms with Gasteiger partial charge in [0.25, 0.3) is 0 Å². The van der Waals surface area contributed by atoms with E-state index in [2.05, 4.69) is 70.2 Å². The van der Waals surface area contributed by atoms with Crippen molar-refractivity contribution in [3.05, 3.63) is 83.7 Å². The molecule has 150 valence electrons. The summed E-state index contributed by atoms with van der Waals surface area (Å²) in [5.74, 6) is 0.0225. The van der Waals surface area contributed by atoms with Gasteiger partial charge in [0, 0.05) is 42.9 Å². The summed E-state index contributed by atoms with van der Waals surface area (Å²) in [7, 11) is 0. The predicted octanol–water partition coefficient (Wildman–Crippen LogP) is 3.48. The molecule has 29 heavy (non-hydrogen) atoms. The van der Waals surface area contributed by atoms with Gasteiger partial charge in [0.15, 0.2) is 0 Å². The van der Waals surface area contributed by atoms with Crippen molar-refractivity contribution in [2.45, 2.75) is 19.9 Å². The van der Waals surface area contributed by atoms with Crippen molar-refractivity contribution < 1.29 is 9.53 Å². The lowest BCUT2D eigenvalue weighted by Gasteiger charge is -2.28. The number of aromatic nitrogens is 1. The number of carbonyl (C=O) groups excluding carboxylic acids is 1. The Morgan fingerprint density at radius 2 is 1.66 bits per heavy atom. The third kappa shape index (κ3) is 4.87. The second-order valence-corrected chi connectivity index (χ2v) is 7.42. The summed E-state index contributed by atoms with van der Waals surface area (Å²) in [6, 6.07) is 20.7. The summed E-state index contributed by atoms with van der Waals surface area (Å²) < 4.78 is 7.47. The maximum absolute atomic E-state index is 12.5. The van der Waals surface area contributed by atoms with E-state index in [0.29, 0.717) is 13.0 Å². The van der Waals surface area contributed by atoms with Crippen molar-refractivity contribution in [1.29, 1.82) is 0 Å². The minimum Gasteiger partial charge on any atom is -0.378 e. The number of rotatable bonds is 6. The molecule has 0 radical (unpaired) electrons. The molecule has 4 rings (SSSR count). The summed E-state index contributed by atoms with van der Waals surface area (Å²) in [6.45, 7) is 6.02. The summed E-state index contributed by atoms with van der Waals surface area (Å²) in [5.41, 5.74) is 5.58. The maximum Gasteiger partial charge on any atom is 0.226 e. The molecule has 1 saturated heterocycles. The van der Waals surface area contributed by atoms with Crippen molar-refractivity contribution in [2.24, 2.45) is 0 Å². The SMILES string of the molecule is Cc1ccc(-n2cccc2CC(=O)NCc2ccc(N3CCOCC3)cc2)cc1. The number of nitrogens with zero attached hydrogens (tertiary/aromatic N) is 2.